The van der Waals surface area contributed by atoms with E-state index < -0.39 is 18.0 Å². The van der Waals surface area contributed by atoms with E-state index in [1.165, 1.54) is 6.07 Å². The van der Waals surface area contributed by atoms with Crippen LogP contribution in [0, 0.1) is 6.92 Å². The Labute approximate surface area is 83.8 Å². The van der Waals surface area contributed by atoms with Gasteiger partial charge in [-0.3, -0.25) is 4.79 Å². The lowest BCUT2D eigenvalue weighted by molar-refractivity contribution is -0.138. The van der Waals surface area contributed by atoms with E-state index in [0.29, 0.717) is 10.4 Å². The van der Waals surface area contributed by atoms with E-state index in [0.717, 1.165) is 11.3 Å². The van der Waals surface area contributed by atoms with Crippen LogP contribution in [0.3, 0.4) is 0 Å². The first-order chi connectivity index (χ1) is 6.43. The van der Waals surface area contributed by atoms with Crippen molar-refractivity contribution in [3.63, 3.8) is 0 Å². The van der Waals surface area contributed by atoms with E-state index in [1.807, 2.05) is 0 Å². The molecule has 6 heteroatoms. The van der Waals surface area contributed by atoms with Gasteiger partial charge < -0.3 is 15.9 Å². The van der Waals surface area contributed by atoms with Crippen molar-refractivity contribution in [3.8, 4) is 0 Å². The molecule has 0 saturated heterocycles. The lowest BCUT2D eigenvalue weighted by Crippen LogP contribution is -2.19. The predicted molar refractivity (Wildman–Crippen MR) is 50.6 cm³/mol. The molecule has 5 nitrogen and oxygen atoms in total. The van der Waals surface area contributed by atoms with Crippen molar-refractivity contribution in [3.05, 3.63) is 21.4 Å². The zero-order valence-corrected chi connectivity index (χ0v) is 8.17. The minimum atomic E-state index is -1.16. The monoisotopic (exact) mass is 215 g/mol. The van der Waals surface area contributed by atoms with Crippen LogP contribution in [0.5, 0.6) is 0 Å². The third-order valence-corrected chi connectivity index (χ3v) is 3.01. The van der Waals surface area contributed by atoms with Gasteiger partial charge in [-0.15, -0.1) is 11.3 Å². The molecule has 1 aromatic heterocycles. The lowest BCUT2D eigenvalue weighted by Gasteiger charge is -2.00. The van der Waals surface area contributed by atoms with Crippen LogP contribution in [0.15, 0.2) is 6.07 Å². The third kappa shape index (κ3) is 1.91. The minimum Gasteiger partial charge on any atom is -0.480 e. The maximum Gasteiger partial charge on any atom is 0.346 e. The van der Waals surface area contributed by atoms with Crippen LogP contribution in [0.2, 0.25) is 0 Å². The van der Waals surface area contributed by atoms with Crippen LogP contribution < -0.4 is 5.73 Å². The van der Waals surface area contributed by atoms with Gasteiger partial charge in [-0.05, 0) is 18.6 Å². The van der Waals surface area contributed by atoms with Gasteiger partial charge in [0.2, 0.25) is 0 Å². The highest BCUT2D eigenvalue weighted by Gasteiger charge is 2.20. The van der Waals surface area contributed by atoms with Gasteiger partial charge in [0.15, 0.2) is 0 Å². The van der Waals surface area contributed by atoms with Gasteiger partial charge in [-0.25, -0.2) is 4.79 Å². The molecule has 0 radical (unpaired) electrons. The number of thiophene rings is 1. The van der Waals surface area contributed by atoms with Crippen molar-refractivity contribution < 1.29 is 19.8 Å². The van der Waals surface area contributed by atoms with Crippen molar-refractivity contribution in [1.82, 2.24) is 0 Å². The average Bonchev–Trinajstić information content (AvgIpc) is 2.45. The van der Waals surface area contributed by atoms with Crippen molar-refractivity contribution in [2.45, 2.75) is 13.0 Å². The topological polar surface area (TPSA) is 101 Å². The summed E-state index contributed by atoms with van der Waals surface area (Å²) in [5.41, 5.74) is 5.87. The van der Waals surface area contributed by atoms with Gasteiger partial charge >= 0.3 is 11.9 Å². The average molecular weight is 215 g/mol. The maximum atomic E-state index is 10.6. The Hall–Kier alpha value is -1.40. The van der Waals surface area contributed by atoms with Crippen LogP contribution in [0.25, 0.3) is 0 Å². The molecule has 1 aromatic rings. The summed E-state index contributed by atoms with van der Waals surface area (Å²) in [5, 5.41) is 17.3. The smallest absolute Gasteiger partial charge is 0.346 e. The molecule has 0 spiro atoms. The summed E-state index contributed by atoms with van der Waals surface area (Å²) in [6.07, 6.45) is 0. The number of carboxylic acid groups (broad SMARTS) is 2. The molecular weight excluding hydrogens is 206 g/mol. The van der Waals surface area contributed by atoms with Crippen molar-refractivity contribution >= 4 is 23.3 Å². The number of carbonyl (C=O) groups is 2. The number of aromatic carboxylic acids is 1. The Balaban J connectivity index is 3.08. The first kappa shape index (κ1) is 10.7. The molecule has 1 rings (SSSR count). The third-order valence-electron chi connectivity index (χ3n) is 1.70. The molecule has 0 fully saturated rings. The molecule has 0 bridgehead atoms. The first-order valence-electron chi connectivity index (χ1n) is 3.75. The number of aryl methyl sites for hydroxylation is 1. The largest absolute Gasteiger partial charge is 0.480 e. The predicted octanol–water partition coefficient (Wildman–Crippen LogP) is 0.839. The standard InChI is InChI=1S/C8H9NO4S/c1-3-2-4(5(9)7(10)11)14-6(3)8(12)13/h2,5H,9H2,1H3,(H,10,11)(H,12,13)/t5-/m1/s1. The SMILES string of the molecule is Cc1cc([C@@H](N)C(=O)O)sc1C(=O)O. The van der Waals surface area contributed by atoms with Crippen LogP contribution in [0.4, 0.5) is 0 Å². The fraction of sp³-hybridized carbons (Fsp3) is 0.250. The lowest BCUT2D eigenvalue weighted by atomic mass is 10.2. The Morgan fingerprint density at radius 3 is 2.43 bits per heavy atom. The zero-order chi connectivity index (χ0) is 10.9. The summed E-state index contributed by atoms with van der Waals surface area (Å²) in [6, 6.07) is 0.346. The number of rotatable bonds is 3. The molecule has 4 N–H and O–H groups in total. The fourth-order valence-electron chi connectivity index (χ4n) is 0.994. The van der Waals surface area contributed by atoms with Crippen LogP contribution in [-0.2, 0) is 4.79 Å². The highest BCUT2D eigenvalue weighted by atomic mass is 32.1. The van der Waals surface area contributed by atoms with Gasteiger partial charge in [0.1, 0.15) is 10.9 Å². The highest BCUT2D eigenvalue weighted by molar-refractivity contribution is 7.14. The van der Waals surface area contributed by atoms with E-state index in [2.05, 4.69) is 0 Å². The van der Waals surface area contributed by atoms with Crippen molar-refractivity contribution in [1.29, 1.82) is 0 Å². The zero-order valence-electron chi connectivity index (χ0n) is 7.35. The molecule has 0 aromatic carbocycles. The molecule has 76 valence electrons. The molecule has 14 heavy (non-hydrogen) atoms. The molecule has 0 amide bonds. The summed E-state index contributed by atoms with van der Waals surface area (Å²) in [6.45, 7) is 1.61. The molecule has 0 aliphatic rings. The molecular formula is C8H9NO4S. The fourth-order valence-corrected chi connectivity index (χ4v) is 2.00. The summed E-state index contributed by atoms with van der Waals surface area (Å²) in [4.78, 5) is 21.7. The second kappa shape index (κ2) is 3.77. The summed E-state index contributed by atoms with van der Waals surface area (Å²) in [5.74, 6) is -2.22. The first-order valence-corrected chi connectivity index (χ1v) is 4.57. The Morgan fingerprint density at radius 1 is 1.50 bits per heavy atom. The summed E-state index contributed by atoms with van der Waals surface area (Å²) >= 11 is 0.899. The van der Waals surface area contributed by atoms with E-state index >= 15 is 0 Å². The molecule has 0 saturated carbocycles. The Kier molecular flexibility index (Phi) is 2.87. The van der Waals surface area contributed by atoms with Crippen LogP contribution >= 0.6 is 11.3 Å². The van der Waals surface area contributed by atoms with Crippen LogP contribution in [-0.4, -0.2) is 22.2 Å². The summed E-state index contributed by atoms with van der Waals surface area (Å²) in [7, 11) is 0. The molecule has 1 heterocycles. The summed E-state index contributed by atoms with van der Waals surface area (Å²) < 4.78 is 0. The Morgan fingerprint density at radius 2 is 2.07 bits per heavy atom. The maximum absolute atomic E-state index is 10.6. The van der Waals surface area contributed by atoms with E-state index in [4.69, 9.17) is 15.9 Å². The van der Waals surface area contributed by atoms with E-state index in [-0.39, 0.29) is 4.88 Å². The second-order valence-corrected chi connectivity index (χ2v) is 3.87. The van der Waals surface area contributed by atoms with E-state index in [9.17, 15) is 9.59 Å². The quantitative estimate of drug-likeness (QED) is 0.693. The number of aliphatic carboxylic acids is 1. The van der Waals surface area contributed by atoms with Crippen molar-refractivity contribution in [2.75, 3.05) is 0 Å². The molecule has 0 aliphatic carbocycles. The number of nitrogens with two attached hydrogens (primary N) is 1. The highest BCUT2D eigenvalue weighted by Crippen LogP contribution is 2.26. The van der Waals surface area contributed by atoms with Gasteiger partial charge in [0.05, 0.1) is 0 Å². The van der Waals surface area contributed by atoms with Crippen LogP contribution in [0.1, 0.15) is 26.2 Å². The van der Waals surface area contributed by atoms with Gasteiger partial charge in [-0.2, -0.15) is 0 Å². The molecule has 0 aliphatic heterocycles. The number of hydrogen-bond donors (Lipinski definition) is 3. The van der Waals surface area contributed by atoms with E-state index in [1.54, 1.807) is 6.92 Å². The minimum absolute atomic E-state index is 0.136. The molecule has 1 atom stereocenters. The van der Waals surface area contributed by atoms with Gasteiger partial charge in [0.25, 0.3) is 0 Å². The van der Waals surface area contributed by atoms with Gasteiger partial charge in [0, 0.05) is 4.88 Å². The molecule has 0 unspecified atom stereocenters. The van der Waals surface area contributed by atoms with Gasteiger partial charge in [-0.1, -0.05) is 0 Å². The number of hydrogen-bond acceptors (Lipinski definition) is 4. The Bertz CT molecular complexity index is 385. The van der Waals surface area contributed by atoms with Crippen molar-refractivity contribution in [2.24, 2.45) is 5.73 Å². The normalized spacial score (nSPS) is 12.4. The number of carboxylic acids is 2. The second-order valence-electron chi connectivity index (χ2n) is 2.78.